The maximum atomic E-state index is 13.0. The molecule has 0 aromatic carbocycles. The van der Waals surface area contributed by atoms with Crippen molar-refractivity contribution in [2.24, 2.45) is 15.8 Å². The first-order chi connectivity index (χ1) is 14.5. The molecule has 2 aliphatic heterocycles. The first-order valence-corrected chi connectivity index (χ1v) is 9.54. The number of nitrogens with two attached hydrogens (primary N) is 1. The molecule has 2 atom stereocenters. The summed E-state index contributed by atoms with van der Waals surface area (Å²) in [6.45, 7) is 0. The number of aromatic nitrogens is 1. The van der Waals surface area contributed by atoms with Crippen molar-refractivity contribution < 1.29 is 18.8 Å². The number of rotatable bonds is 7. The quantitative estimate of drug-likeness (QED) is 0.645. The zero-order chi connectivity index (χ0) is 21.1. The van der Waals surface area contributed by atoms with Gasteiger partial charge in [0.25, 0.3) is 5.91 Å². The predicted octanol–water partition coefficient (Wildman–Crippen LogP) is 0.676. The average molecular weight is 408 g/mol. The molecule has 10 heteroatoms. The van der Waals surface area contributed by atoms with E-state index in [1.807, 2.05) is 6.08 Å². The molecule has 4 heterocycles. The van der Waals surface area contributed by atoms with Crippen LogP contribution in [0.25, 0.3) is 11.1 Å². The summed E-state index contributed by atoms with van der Waals surface area (Å²) >= 11 is 0. The Kier molecular flexibility index (Phi) is 5.38. The highest BCUT2D eigenvalue weighted by Gasteiger charge is 2.34. The molecule has 2 aliphatic rings. The number of primary amides is 1. The Bertz CT molecular complexity index is 1090. The summed E-state index contributed by atoms with van der Waals surface area (Å²) in [6.07, 6.45) is 10.4. The van der Waals surface area contributed by atoms with Crippen LogP contribution in [0, 0.1) is 0 Å². The van der Waals surface area contributed by atoms with E-state index in [0.717, 1.165) is 12.8 Å². The topological polar surface area (TPSA) is 143 Å². The van der Waals surface area contributed by atoms with Gasteiger partial charge in [-0.05, 0) is 31.1 Å². The lowest BCUT2D eigenvalue weighted by atomic mass is 10.0. The Morgan fingerprint density at radius 3 is 2.93 bits per heavy atom. The molecule has 0 aliphatic carbocycles. The van der Waals surface area contributed by atoms with Gasteiger partial charge in [-0.1, -0.05) is 0 Å². The molecule has 0 fully saturated rings. The second-order valence-electron chi connectivity index (χ2n) is 6.95. The fraction of sp³-hybridized carbons (Fsp3) is 0.300. The van der Waals surface area contributed by atoms with Crippen LogP contribution in [-0.4, -0.2) is 52.1 Å². The van der Waals surface area contributed by atoms with Crippen molar-refractivity contribution in [1.82, 2.24) is 15.3 Å². The molecule has 2 aromatic heterocycles. The third kappa shape index (κ3) is 3.84. The molecule has 0 bridgehead atoms. The molecule has 2 aromatic rings. The molecule has 2 amide bonds. The number of allylic oxidation sites excluding steroid dienone is 1. The van der Waals surface area contributed by atoms with Crippen molar-refractivity contribution in [3.05, 3.63) is 42.1 Å². The minimum Gasteiger partial charge on any atom is -0.462 e. The molecule has 0 spiro atoms. The maximum absolute atomic E-state index is 13.0. The molecule has 2 unspecified atom stereocenters. The number of nitrogens with zero attached hydrogens (tertiary/aromatic N) is 4. The van der Waals surface area contributed by atoms with Gasteiger partial charge in [-0.3, -0.25) is 19.4 Å². The molecule has 0 radical (unpaired) electrons. The number of ketones is 1. The monoisotopic (exact) mass is 408 g/mol. The van der Waals surface area contributed by atoms with Gasteiger partial charge in [0, 0.05) is 37.0 Å². The van der Waals surface area contributed by atoms with Gasteiger partial charge in [-0.2, -0.15) is 5.10 Å². The lowest BCUT2D eigenvalue weighted by Gasteiger charge is -2.25. The molecular formula is C20H20N6O4. The number of hydrogen-bond donors (Lipinski definition) is 2. The van der Waals surface area contributed by atoms with E-state index in [9.17, 15) is 14.4 Å². The van der Waals surface area contributed by atoms with Gasteiger partial charge in [0.2, 0.25) is 11.7 Å². The Labute approximate surface area is 171 Å². The summed E-state index contributed by atoms with van der Waals surface area (Å²) in [6, 6.07) is 1.64. The number of fused-ring (bicyclic) bond motifs is 1. The first kappa shape index (κ1) is 19.5. The molecule has 3 N–H and O–H groups in total. The van der Waals surface area contributed by atoms with Crippen molar-refractivity contribution in [2.45, 2.75) is 37.8 Å². The number of hydrazone groups is 1. The van der Waals surface area contributed by atoms with E-state index in [4.69, 9.17) is 10.2 Å². The van der Waals surface area contributed by atoms with Crippen molar-refractivity contribution >= 4 is 41.1 Å². The highest BCUT2D eigenvalue weighted by Crippen LogP contribution is 2.23. The predicted molar refractivity (Wildman–Crippen MR) is 108 cm³/mol. The molecule has 154 valence electrons. The smallest absolute Gasteiger partial charge is 0.287 e. The molecule has 30 heavy (non-hydrogen) atoms. The van der Waals surface area contributed by atoms with Crippen LogP contribution >= 0.6 is 0 Å². The molecular weight excluding hydrogens is 388 g/mol. The summed E-state index contributed by atoms with van der Waals surface area (Å²) in [7, 11) is 0. The second kappa shape index (κ2) is 8.27. The number of carbonyl (C=O) groups excluding carboxylic acids is 3. The van der Waals surface area contributed by atoms with Gasteiger partial charge in [0.15, 0.2) is 5.58 Å². The molecule has 0 saturated heterocycles. The number of aliphatic imine (C=N–C) groups is 1. The fourth-order valence-corrected chi connectivity index (χ4v) is 3.43. The van der Waals surface area contributed by atoms with Crippen LogP contribution in [0.3, 0.4) is 0 Å². The number of furan rings is 1. The molecule has 0 saturated carbocycles. The fourth-order valence-electron chi connectivity index (χ4n) is 3.43. The van der Waals surface area contributed by atoms with E-state index in [-0.39, 0.29) is 6.42 Å². The Hall–Kier alpha value is -3.82. The summed E-state index contributed by atoms with van der Waals surface area (Å²) in [4.78, 5) is 45.5. The first-order valence-electron chi connectivity index (χ1n) is 9.54. The zero-order valence-corrected chi connectivity index (χ0v) is 16.0. The van der Waals surface area contributed by atoms with Gasteiger partial charge in [0.05, 0.1) is 6.26 Å². The van der Waals surface area contributed by atoms with Crippen molar-refractivity contribution in [3.8, 4) is 0 Å². The summed E-state index contributed by atoms with van der Waals surface area (Å²) < 4.78 is 5.44. The van der Waals surface area contributed by atoms with Crippen LogP contribution in [-0.2, 0) is 20.8 Å². The van der Waals surface area contributed by atoms with Crippen LogP contribution in [0.2, 0.25) is 0 Å². The Morgan fingerprint density at radius 1 is 1.30 bits per heavy atom. The highest BCUT2D eigenvalue weighted by molar-refractivity contribution is 6.38. The van der Waals surface area contributed by atoms with Crippen LogP contribution in [0.5, 0.6) is 0 Å². The summed E-state index contributed by atoms with van der Waals surface area (Å²) in [5.41, 5.74) is 6.90. The second-order valence-corrected chi connectivity index (χ2v) is 6.95. The molecule has 10 nitrogen and oxygen atoms in total. The minimum atomic E-state index is -1.15. The number of hydrogen-bond acceptors (Lipinski definition) is 8. The van der Waals surface area contributed by atoms with Crippen molar-refractivity contribution in [2.75, 3.05) is 0 Å². The third-order valence-corrected chi connectivity index (χ3v) is 4.92. The lowest BCUT2D eigenvalue weighted by molar-refractivity contribution is -0.138. The van der Waals surface area contributed by atoms with E-state index in [0.29, 0.717) is 28.9 Å². The average Bonchev–Trinajstić information content (AvgIpc) is 3.41. The van der Waals surface area contributed by atoms with E-state index in [2.05, 4.69) is 20.4 Å². The van der Waals surface area contributed by atoms with Gasteiger partial charge in [0.1, 0.15) is 23.4 Å². The lowest BCUT2D eigenvalue weighted by Crippen LogP contribution is -2.52. The van der Waals surface area contributed by atoms with Gasteiger partial charge < -0.3 is 15.5 Å². The van der Waals surface area contributed by atoms with Gasteiger partial charge in [-0.15, -0.1) is 0 Å². The number of nitrogens with one attached hydrogen (secondary N) is 1. The standard InChI is InChI=1S/C20H20N6O4/c21-19(28)18(27)13(10-12-11-30-15-4-3-8-23-17(12)15)25-20(29)14-6-9-24-26(14)16-5-1-2-7-22-16/h3-5,7-9,11,13-14H,1-2,6,10H2,(H2,21,28)(H,25,29). The van der Waals surface area contributed by atoms with Crippen LogP contribution in [0.4, 0.5) is 0 Å². The normalized spacial score (nSPS) is 19.0. The van der Waals surface area contributed by atoms with E-state index < -0.39 is 29.7 Å². The van der Waals surface area contributed by atoms with Gasteiger partial charge in [-0.25, -0.2) is 10.0 Å². The minimum absolute atomic E-state index is 0.0198. The number of Topliss-reactive ketones (excluding diaryl/α,β-unsaturated/α-hetero) is 1. The van der Waals surface area contributed by atoms with Crippen molar-refractivity contribution in [3.63, 3.8) is 0 Å². The Morgan fingerprint density at radius 2 is 2.17 bits per heavy atom. The highest BCUT2D eigenvalue weighted by atomic mass is 16.3. The van der Waals surface area contributed by atoms with E-state index in [1.165, 1.54) is 11.3 Å². The maximum Gasteiger partial charge on any atom is 0.287 e. The Balaban J connectivity index is 1.54. The third-order valence-electron chi connectivity index (χ3n) is 4.92. The van der Waals surface area contributed by atoms with E-state index >= 15 is 0 Å². The van der Waals surface area contributed by atoms with Crippen LogP contribution in [0.15, 0.2) is 51.0 Å². The number of carbonyl (C=O) groups is 3. The molecule has 4 rings (SSSR count). The summed E-state index contributed by atoms with van der Waals surface area (Å²) in [5.74, 6) is -1.89. The van der Waals surface area contributed by atoms with Crippen LogP contribution < -0.4 is 11.1 Å². The number of pyridine rings is 1. The zero-order valence-electron chi connectivity index (χ0n) is 16.0. The van der Waals surface area contributed by atoms with Gasteiger partial charge >= 0.3 is 0 Å². The number of amides is 2. The van der Waals surface area contributed by atoms with Crippen molar-refractivity contribution in [1.29, 1.82) is 0 Å². The SMILES string of the molecule is NC(=O)C(=O)C(Cc1coc2cccnc12)NC(=O)C1CC=NN1C1=CCCC=N1. The van der Waals surface area contributed by atoms with Crippen LogP contribution in [0.1, 0.15) is 24.8 Å². The summed E-state index contributed by atoms with van der Waals surface area (Å²) in [5, 5.41) is 8.40. The largest absolute Gasteiger partial charge is 0.462 e. The van der Waals surface area contributed by atoms with E-state index in [1.54, 1.807) is 30.8 Å².